The maximum absolute atomic E-state index is 11.6. The zero-order valence-corrected chi connectivity index (χ0v) is 10.7. The highest BCUT2D eigenvalue weighted by Crippen LogP contribution is 2.01. The Morgan fingerprint density at radius 3 is 2.61 bits per heavy atom. The number of hydrogen-bond acceptors (Lipinski definition) is 3. The third-order valence-corrected chi connectivity index (χ3v) is 2.57. The van der Waals surface area contributed by atoms with Gasteiger partial charge in [-0.3, -0.25) is 4.68 Å². The van der Waals surface area contributed by atoms with Gasteiger partial charge in [-0.05, 0) is 12.0 Å². The monoisotopic (exact) mass is 254 g/mol. The molecule has 7 nitrogen and oxygen atoms in total. The van der Waals surface area contributed by atoms with E-state index in [1.165, 1.54) is 0 Å². The zero-order chi connectivity index (χ0) is 13.7. The number of amides is 2. The van der Waals surface area contributed by atoms with Gasteiger partial charge in [0.2, 0.25) is 0 Å². The van der Waals surface area contributed by atoms with Crippen LogP contribution in [0.1, 0.15) is 19.5 Å². The number of aryl methyl sites for hydroxylation is 1. The minimum atomic E-state index is -1.04. The number of aliphatic carboxylic acids is 1. The molecule has 18 heavy (non-hydrogen) atoms. The number of nitrogens with one attached hydrogen (secondary N) is 2. The van der Waals surface area contributed by atoms with Gasteiger partial charge in [-0.1, -0.05) is 13.8 Å². The summed E-state index contributed by atoms with van der Waals surface area (Å²) >= 11 is 0. The van der Waals surface area contributed by atoms with Crippen LogP contribution in [0.25, 0.3) is 0 Å². The number of urea groups is 1. The van der Waals surface area contributed by atoms with Crippen LogP contribution in [0, 0.1) is 5.92 Å². The molecule has 7 heteroatoms. The highest BCUT2D eigenvalue weighted by atomic mass is 16.4. The number of rotatable bonds is 5. The van der Waals surface area contributed by atoms with Gasteiger partial charge in [0.1, 0.15) is 6.04 Å². The standard InChI is InChI=1S/C11H18N4O3/c1-7(2)9(10(16)17)14-11(18)12-6-8-4-5-13-15(8)3/h4-5,7,9H,6H2,1-3H3,(H,16,17)(H2,12,14,18). The van der Waals surface area contributed by atoms with E-state index >= 15 is 0 Å². The third kappa shape index (κ3) is 3.76. The lowest BCUT2D eigenvalue weighted by molar-refractivity contribution is -0.140. The molecule has 0 saturated heterocycles. The molecule has 0 bridgehead atoms. The maximum atomic E-state index is 11.6. The molecule has 0 aromatic carbocycles. The maximum Gasteiger partial charge on any atom is 0.326 e. The van der Waals surface area contributed by atoms with Gasteiger partial charge in [0, 0.05) is 13.2 Å². The zero-order valence-electron chi connectivity index (χ0n) is 10.7. The van der Waals surface area contributed by atoms with Gasteiger partial charge in [-0.25, -0.2) is 9.59 Å². The average Bonchev–Trinajstić information content (AvgIpc) is 2.68. The molecular weight excluding hydrogens is 236 g/mol. The van der Waals surface area contributed by atoms with E-state index in [0.29, 0.717) is 6.54 Å². The van der Waals surface area contributed by atoms with Crippen molar-refractivity contribution in [3.8, 4) is 0 Å². The third-order valence-electron chi connectivity index (χ3n) is 2.57. The van der Waals surface area contributed by atoms with Crippen molar-refractivity contribution in [2.24, 2.45) is 13.0 Å². The number of hydrogen-bond donors (Lipinski definition) is 3. The van der Waals surface area contributed by atoms with Crippen molar-refractivity contribution in [2.75, 3.05) is 0 Å². The number of nitrogens with zero attached hydrogens (tertiary/aromatic N) is 2. The van der Waals surface area contributed by atoms with E-state index in [9.17, 15) is 9.59 Å². The second-order valence-corrected chi connectivity index (χ2v) is 4.33. The average molecular weight is 254 g/mol. The van der Waals surface area contributed by atoms with E-state index in [-0.39, 0.29) is 5.92 Å². The molecule has 0 aliphatic heterocycles. The van der Waals surface area contributed by atoms with Crippen molar-refractivity contribution >= 4 is 12.0 Å². The summed E-state index contributed by atoms with van der Waals surface area (Å²) in [6.07, 6.45) is 1.63. The number of carboxylic acid groups (broad SMARTS) is 1. The van der Waals surface area contributed by atoms with E-state index in [1.807, 2.05) is 0 Å². The molecule has 0 radical (unpaired) electrons. The predicted octanol–water partition coefficient (Wildman–Crippen LogP) is 0.328. The number of carboxylic acids is 1. The smallest absolute Gasteiger partial charge is 0.326 e. The lowest BCUT2D eigenvalue weighted by Gasteiger charge is -2.18. The Labute approximate surface area is 105 Å². The highest BCUT2D eigenvalue weighted by molar-refractivity contribution is 5.82. The van der Waals surface area contributed by atoms with E-state index < -0.39 is 18.0 Å². The first-order valence-electron chi connectivity index (χ1n) is 5.66. The fraction of sp³-hybridized carbons (Fsp3) is 0.545. The first-order valence-corrected chi connectivity index (χ1v) is 5.66. The Kier molecular flexibility index (Phi) is 4.70. The van der Waals surface area contributed by atoms with Crippen LogP contribution in [0.4, 0.5) is 4.79 Å². The predicted molar refractivity (Wildman–Crippen MR) is 64.8 cm³/mol. The molecule has 1 aromatic rings. The lowest BCUT2D eigenvalue weighted by Crippen LogP contribution is -2.48. The SMILES string of the molecule is CC(C)C(NC(=O)NCc1ccnn1C)C(=O)O. The van der Waals surface area contributed by atoms with Crippen LogP contribution in [0.2, 0.25) is 0 Å². The summed E-state index contributed by atoms with van der Waals surface area (Å²) in [7, 11) is 1.77. The number of aromatic nitrogens is 2. The molecule has 1 atom stereocenters. The molecule has 0 fully saturated rings. The molecule has 1 rings (SSSR count). The van der Waals surface area contributed by atoms with Crippen LogP contribution < -0.4 is 10.6 Å². The topological polar surface area (TPSA) is 96.3 Å². The van der Waals surface area contributed by atoms with Gasteiger partial charge in [-0.2, -0.15) is 5.10 Å². The van der Waals surface area contributed by atoms with Gasteiger partial charge in [0.15, 0.2) is 0 Å². The first-order chi connectivity index (χ1) is 8.41. The van der Waals surface area contributed by atoms with Crippen molar-refractivity contribution < 1.29 is 14.7 Å². The molecule has 0 spiro atoms. The summed E-state index contributed by atoms with van der Waals surface area (Å²) in [6.45, 7) is 3.77. The summed E-state index contributed by atoms with van der Waals surface area (Å²) in [4.78, 5) is 22.5. The second kappa shape index (κ2) is 6.04. The van der Waals surface area contributed by atoms with Crippen molar-refractivity contribution in [1.82, 2.24) is 20.4 Å². The number of carbonyl (C=O) groups is 2. The molecule has 2 amide bonds. The van der Waals surface area contributed by atoms with Crippen LogP contribution in [-0.4, -0.2) is 32.9 Å². The van der Waals surface area contributed by atoms with E-state index in [0.717, 1.165) is 5.69 Å². The Morgan fingerprint density at radius 2 is 2.17 bits per heavy atom. The first kappa shape index (κ1) is 14.0. The molecule has 1 heterocycles. The van der Waals surface area contributed by atoms with Gasteiger partial charge < -0.3 is 15.7 Å². The Hall–Kier alpha value is -2.05. The molecule has 0 aliphatic rings. The second-order valence-electron chi connectivity index (χ2n) is 4.33. The van der Waals surface area contributed by atoms with Crippen molar-refractivity contribution in [3.63, 3.8) is 0 Å². The number of carbonyl (C=O) groups excluding carboxylic acids is 1. The molecular formula is C11H18N4O3. The van der Waals surface area contributed by atoms with Gasteiger partial charge in [-0.15, -0.1) is 0 Å². The van der Waals surface area contributed by atoms with E-state index in [2.05, 4.69) is 15.7 Å². The van der Waals surface area contributed by atoms with Crippen molar-refractivity contribution in [1.29, 1.82) is 0 Å². The van der Waals surface area contributed by atoms with Crippen LogP contribution in [-0.2, 0) is 18.4 Å². The summed E-state index contributed by atoms with van der Waals surface area (Å²) in [5, 5.41) is 17.9. The van der Waals surface area contributed by atoms with Crippen LogP contribution >= 0.6 is 0 Å². The lowest BCUT2D eigenvalue weighted by atomic mass is 10.1. The fourth-order valence-corrected chi connectivity index (χ4v) is 1.45. The van der Waals surface area contributed by atoms with E-state index in [4.69, 9.17) is 5.11 Å². The normalized spacial score (nSPS) is 12.2. The van der Waals surface area contributed by atoms with Gasteiger partial charge in [0.25, 0.3) is 0 Å². The van der Waals surface area contributed by atoms with E-state index in [1.54, 1.807) is 37.8 Å². The highest BCUT2D eigenvalue weighted by Gasteiger charge is 2.23. The van der Waals surface area contributed by atoms with Gasteiger partial charge >= 0.3 is 12.0 Å². The van der Waals surface area contributed by atoms with Crippen LogP contribution in [0.15, 0.2) is 12.3 Å². The van der Waals surface area contributed by atoms with Crippen LogP contribution in [0.3, 0.4) is 0 Å². The van der Waals surface area contributed by atoms with Crippen molar-refractivity contribution in [2.45, 2.75) is 26.4 Å². The van der Waals surface area contributed by atoms with Gasteiger partial charge in [0.05, 0.1) is 12.2 Å². The largest absolute Gasteiger partial charge is 0.480 e. The summed E-state index contributed by atoms with van der Waals surface area (Å²) in [5.41, 5.74) is 0.835. The molecule has 0 saturated carbocycles. The fourth-order valence-electron chi connectivity index (χ4n) is 1.45. The Bertz CT molecular complexity index is 428. The quantitative estimate of drug-likeness (QED) is 0.705. The molecule has 1 unspecified atom stereocenters. The molecule has 100 valence electrons. The molecule has 0 aliphatic carbocycles. The summed E-state index contributed by atoms with van der Waals surface area (Å²) in [6, 6.07) is 0.381. The van der Waals surface area contributed by atoms with Crippen molar-refractivity contribution in [3.05, 3.63) is 18.0 Å². The summed E-state index contributed by atoms with van der Waals surface area (Å²) in [5.74, 6) is -1.22. The Balaban J connectivity index is 2.46. The Morgan fingerprint density at radius 1 is 1.50 bits per heavy atom. The molecule has 3 N–H and O–H groups in total. The minimum absolute atomic E-state index is 0.176. The molecule has 1 aromatic heterocycles. The minimum Gasteiger partial charge on any atom is -0.480 e. The summed E-state index contributed by atoms with van der Waals surface area (Å²) < 4.78 is 1.64. The van der Waals surface area contributed by atoms with Crippen LogP contribution in [0.5, 0.6) is 0 Å².